The van der Waals surface area contributed by atoms with Crippen molar-refractivity contribution in [1.29, 1.82) is 0 Å². The zero-order valence-corrected chi connectivity index (χ0v) is 47.0. The predicted molar refractivity (Wildman–Crippen MR) is 373 cm³/mol. The van der Waals surface area contributed by atoms with Crippen LogP contribution in [0, 0.1) is 0 Å². The lowest BCUT2D eigenvalue weighted by Crippen LogP contribution is -1.92. The van der Waals surface area contributed by atoms with Crippen molar-refractivity contribution in [3.8, 4) is 55.6 Å². The first-order valence-electron chi connectivity index (χ1n) is 30.0. The minimum Gasteiger partial charge on any atom is -0.0616 e. The van der Waals surface area contributed by atoms with Crippen molar-refractivity contribution >= 4 is 129 Å². The lowest BCUT2D eigenvalue weighted by Gasteiger charge is -2.20. The molecule has 0 saturated carbocycles. The van der Waals surface area contributed by atoms with E-state index in [0.717, 1.165) is 0 Å². The lowest BCUT2D eigenvalue weighted by atomic mass is 9.83. The van der Waals surface area contributed by atoms with E-state index >= 15 is 0 Å². The average molecular weight is 1090 g/mol. The average Bonchev–Trinajstić information content (AvgIpc) is 1.20. The van der Waals surface area contributed by atoms with Crippen LogP contribution in [0.4, 0.5) is 0 Å². The van der Waals surface area contributed by atoms with E-state index in [0.29, 0.717) is 0 Å². The number of hydrogen-bond donors (Lipinski definition) is 0. The van der Waals surface area contributed by atoms with Crippen molar-refractivity contribution in [3.63, 3.8) is 0 Å². The molecule has 0 heteroatoms. The van der Waals surface area contributed by atoms with Crippen molar-refractivity contribution in [1.82, 2.24) is 0 Å². The summed E-state index contributed by atoms with van der Waals surface area (Å²) in [5, 5.41) is 31.2. The van der Waals surface area contributed by atoms with E-state index in [1.807, 2.05) is 0 Å². The van der Waals surface area contributed by atoms with E-state index in [-0.39, 0.29) is 0 Å². The highest BCUT2D eigenvalue weighted by atomic mass is 14.2. The van der Waals surface area contributed by atoms with Crippen LogP contribution in [0.25, 0.3) is 185 Å². The quantitative estimate of drug-likeness (QED) is 0.119. The van der Waals surface area contributed by atoms with Crippen LogP contribution in [0.1, 0.15) is 0 Å². The van der Waals surface area contributed by atoms with Gasteiger partial charge in [-0.3, -0.25) is 0 Å². The zero-order chi connectivity index (χ0) is 56.4. The standard InChI is InChI=1S/C46H28.C40H24/c1-2-10-33-27-36(22-19-29(33)9-1)45-40-17-5-3-15-38(40)44(39-16-4-6-18-41(39)45)35-14-8-13-34(28-35)37-25-23-32-21-20-30-11-7-12-31-24-26-42(37)46(32)43(30)31;1-2-9-29-24-30(19-16-25(29)8-1)38-31-12-3-5-14-33(31)40(34-15-6-4-13-32(34)38)36-23-21-28-18-17-26-10-7-11-27-20-22-35(36)39(28)37(26)27/h1-28H;1-24H. The molecule has 0 aromatic heterocycles. The van der Waals surface area contributed by atoms with E-state index < -0.39 is 0 Å². The molecule has 0 amide bonds. The van der Waals surface area contributed by atoms with Gasteiger partial charge in [0, 0.05) is 0 Å². The smallest absolute Gasteiger partial charge is 0.00201 e. The summed E-state index contributed by atoms with van der Waals surface area (Å²) in [4.78, 5) is 0. The summed E-state index contributed by atoms with van der Waals surface area (Å²) in [6.45, 7) is 0. The summed E-state index contributed by atoms with van der Waals surface area (Å²) in [6, 6.07) is 117. The Labute approximate surface area is 497 Å². The molecule has 19 rings (SSSR count). The molecule has 0 unspecified atom stereocenters. The van der Waals surface area contributed by atoms with Gasteiger partial charge in [-0.1, -0.05) is 297 Å². The van der Waals surface area contributed by atoms with Crippen LogP contribution >= 0.6 is 0 Å². The first-order valence-corrected chi connectivity index (χ1v) is 30.0. The maximum Gasteiger partial charge on any atom is -0.00201 e. The minimum absolute atomic E-state index is 1.24. The molecule has 19 aromatic carbocycles. The van der Waals surface area contributed by atoms with Crippen molar-refractivity contribution in [2.45, 2.75) is 0 Å². The van der Waals surface area contributed by atoms with Crippen molar-refractivity contribution in [2.24, 2.45) is 0 Å². The summed E-state index contributed by atoms with van der Waals surface area (Å²) >= 11 is 0. The molecule has 396 valence electrons. The summed E-state index contributed by atoms with van der Waals surface area (Å²) in [6.07, 6.45) is 0. The van der Waals surface area contributed by atoms with Crippen molar-refractivity contribution in [2.75, 3.05) is 0 Å². The molecule has 0 radical (unpaired) electrons. The molecule has 0 atom stereocenters. The van der Waals surface area contributed by atoms with Gasteiger partial charge in [-0.2, -0.15) is 0 Å². The van der Waals surface area contributed by atoms with Gasteiger partial charge in [0.15, 0.2) is 0 Å². The van der Waals surface area contributed by atoms with E-state index in [2.05, 4.69) is 315 Å². The molecule has 0 nitrogen and oxygen atoms in total. The molecular formula is C86H52. The molecule has 0 saturated heterocycles. The third-order valence-corrected chi connectivity index (χ3v) is 18.7. The maximum absolute atomic E-state index is 2.40. The number of fused-ring (bicyclic) bond motifs is 6. The molecule has 0 aliphatic carbocycles. The molecule has 0 aliphatic heterocycles. The number of rotatable bonds is 5. The van der Waals surface area contributed by atoms with Gasteiger partial charge in [-0.05, 0) is 203 Å². The Morgan fingerprint density at radius 3 is 0.837 bits per heavy atom. The Balaban J connectivity index is 0.000000131. The van der Waals surface area contributed by atoms with Crippen LogP contribution in [-0.2, 0) is 0 Å². The van der Waals surface area contributed by atoms with Gasteiger partial charge in [-0.15, -0.1) is 0 Å². The van der Waals surface area contributed by atoms with Crippen molar-refractivity contribution < 1.29 is 0 Å². The second-order valence-corrected chi connectivity index (χ2v) is 23.3. The Bertz CT molecular complexity index is 5810. The topological polar surface area (TPSA) is 0 Å². The third-order valence-electron chi connectivity index (χ3n) is 18.7. The highest BCUT2D eigenvalue weighted by molar-refractivity contribution is 6.30. The van der Waals surface area contributed by atoms with Crippen LogP contribution in [-0.4, -0.2) is 0 Å². The minimum atomic E-state index is 1.24. The fourth-order valence-corrected chi connectivity index (χ4v) is 15.0. The Hall–Kier alpha value is -11.2. The van der Waals surface area contributed by atoms with Gasteiger partial charge in [0.05, 0.1) is 0 Å². The molecular weight excluding hydrogens is 1030 g/mol. The monoisotopic (exact) mass is 1080 g/mol. The third kappa shape index (κ3) is 7.43. The fraction of sp³-hybridized carbons (Fsp3) is 0. The van der Waals surface area contributed by atoms with Crippen LogP contribution in [0.3, 0.4) is 0 Å². The Morgan fingerprint density at radius 1 is 0.128 bits per heavy atom. The Kier molecular flexibility index (Phi) is 10.8. The predicted octanol–water partition coefficient (Wildman–Crippen LogP) is 24.4. The fourth-order valence-electron chi connectivity index (χ4n) is 15.0. The maximum atomic E-state index is 2.40. The molecule has 0 N–H and O–H groups in total. The molecule has 0 aliphatic rings. The van der Waals surface area contributed by atoms with E-state index in [9.17, 15) is 0 Å². The molecule has 0 heterocycles. The summed E-state index contributed by atoms with van der Waals surface area (Å²) in [5.41, 5.74) is 12.7. The van der Waals surface area contributed by atoms with Gasteiger partial charge in [0.25, 0.3) is 0 Å². The molecule has 19 aromatic rings. The first-order chi connectivity index (χ1) is 42.7. The van der Waals surface area contributed by atoms with Crippen molar-refractivity contribution in [3.05, 3.63) is 315 Å². The SMILES string of the molecule is c1cc(-c2c3ccccc3c(-c3ccc4ccccc4c3)c3ccccc23)cc(-c2ccc3ccc4cccc5ccc2c3c45)c1.c1ccc2cc(-c3c4ccccc4c(-c4ccc5ccc6cccc7ccc4c5c67)c4ccccc34)ccc2c1. The van der Waals surface area contributed by atoms with Crippen LogP contribution in [0.5, 0.6) is 0 Å². The highest BCUT2D eigenvalue weighted by Crippen LogP contribution is 2.49. The highest BCUT2D eigenvalue weighted by Gasteiger charge is 2.22. The first kappa shape index (κ1) is 48.4. The summed E-state index contributed by atoms with van der Waals surface area (Å²) in [5.74, 6) is 0. The second kappa shape index (κ2) is 19.2. The van der Waals surface area contributed by atoms with Gasteiger partial charge in [-0.25, -0.2) is 0 Å². The van der Waals surface area contributed by atoms with E-state index in [4.69, 9.17) is 0 Å². The molecule has 86 heavy (non-hydrogen) atoms. The van der Waals surface area contributed by atoms with Gasteiger partial charge < -0.3 is 0 Å². The molecule has 0 fully saturated rings. The second-order valence-electron chi connectivity index (χ2n) is 23.3. The summed E-state index contributed by atoms with van der Waals surface area (Å²) in [7, 11) is 0. The van der Waals surface area contributed by atoms with E-state index in [1.165, 1.54) is 185 Å². The zero-order valence-electron chi connectivity index (χ0n) is 47.0. The summed E-state index contributed by atoms with van der Waals surface area (Å²) < 4.78 is 0. The van der Waals surface area contributed by atoms with Crippen LogP contribution < -0.4 is 0 Å². The van der Waals surface area contributed by atoms with Gasteiger partial charge in [0.1, 0.15) is 0 Å². The van der Waals surface area contributed by atoms with Crippen LogP contribution in [0.2, 0.25) is 0 Å². The van der Waals surface area contributed by atoms with Crippen LogP contribution in [0.15, 0.2) is 315 Å². The molecule has 0 bridgehead atoms. The normalized spacial score (nSPS) is 12.0. The van der Waals surface area contributed by atoms with Gasteiger partial charge >= 0.3 is 0 Å². The lowest BCUT2D eigenvalue weighted by molar-refractivity contribution is 1.64. The largest absolute Gasteiger partial charge is 0.0616 e. The Morgan fingerprint density at radius 2 is 0.407 bits per heavy atom. The number of benzene rings is 19. The van der Waals surface area contributed by atoms with E-state index in [1.54, 1.807) is 0 Å². The molecule has 0 spiro atoms. The van der Waals surface area contributed by atoms with Gasteiger partial charge in [0.2, 0.25) is 0 Å². The number of hydrogen-bond acceptors (Lipinski definition) is 0.